The lowest BCUT2D eigenvalue weighted by Gasteiger charge is -2.11. The first-order valence-electron chi connectivity index (χ1n) is 7.79. The highest BCUT2D eigenvalue weighted by Gasteiger charge is 2.20. The van der Waals surface area contributed by atoms with E-state index in [0.717, 1.165) is 11.4 Å². The molecule has 6 heteroatoms. The summed E-state index contributed by atoms with van der Waals surface area (Å²) in [4.78, 5) is 11.3. The van der Waals surface area contributed by atoms with E-state index in [1.165, 1.54) is 0 Å². The molecule has 1 aromatic carbocycles. The quantitative estimate of drug-likeness (QED) is 0.848. The molecule has 0 aliphatic carbocycles. The third-order valence-electron chi connectivity index (χ3n) is 3.23. The molecular formula is C17H23N3O3. The van der Waals surface area contributed by atoms with Crippen LogP contribution in [0.15, 0.2) is 24.3 Å². The molecule has 1 N–H and O–H groups in total. The zero-order chi connectivity index (χ0) is 17.0. The van der Waals surface area contributed by atoms with Crippen LogP contribution in [0, 0.1) is 11.8 Å². The van der Waals surface area contributed by atoms with Gasteiger partial charge in [0.2, 0.25) is 0 Å². The first-order chi connectivity index (χ1) is 10.9. The zero-order valence-corrected chi connectivity index (χ0v) is 14.0. The molecule has 0 saturated heterocycles. The third kappa shape index (κ3) is 4.31. The van der Waals surface area contributed by atoms with E-state index < -0.39 is 5.97 Å². The van der Waals surface area contributed by atoms with Crippen molar-refractivity contribution in [2.24, 2.45) is 11.8 Å². The molecule has 0 amide bonds. The molecule has 1 aromatic heterocycles. The molecule has 2 aromatic rings. The number of hydrogen-bond donors (Lipinski definition) is 1. The van der Waals surface area contributed by atoms with Gasteiger partial charge in [-0.15, -0.1) is 5.10 Å². The number of ether oxygens (including phenoxy) is 1. The van der Waals surface area contributed by atoms with Gasteiger partial charge in [0.1, 0.15) is 5.75 Å². The van der Waals surface area contributed by atoms with Gasteiger partial charge in [0.15, 0.2) is 5.69 Å². The van der Waals surface area contributed by atoms with Gasteiger partial charge in [-0.1, -0.05) is 32.9 Å². The number of aromatic carboxylic acids is 1. The summed E-state index contributed by atoms with van der Waals surface area (Å²) in [5, 5.41) is 17.1. The fraction of sp³-hybridized carbons (Fsp3) is 0.471. The summed E-state index contributed by atoms with van der Waals surface area (Å²) in [5.41, 5.74) is 1.40. The number of hydrogen-bond acceptors (Lipinski definition) is 4. The number of rotatable bonds is 7. The standard InChI is InChI=1S/C17H23N3O3/c1-11(2)9-15-16(17(21)22)18-19-20(15)13-5-7-14(8-6-13)23-10-12(3)4/h5-8,11-12H,9-10H2,1-4H3,(H,21,22). The fourth-order valence-corrected chi connectivity index (χ4v) is 2.19. The van der Waals surface area contributed by atoms with E-state index in [0.29, 0.717) is 30.6 Å². The monoisotopic (exact) mass is 317 g/mol. The average Bonchev–Trinajstić information content (AvgIpc) is 2.88. The molecule has 0 radical (unpaired) electrons. The molecular weight excluding hydrogens is 294 g/mol. The first kappa shape index (κ1) is 17.0. The van der Waals surface area contributed by atoms with Gasteiger partial charge in [-0.2, -0.15) is 0 Å². The highest BCUT2D eigenvalue weighted by molar-refractivity contribution is 5.86. The van der Waals surface area contributed by atoms with Crippen molar-refractivity contribution in [3.05, 3.63) is 35.7 Å². The van der Waals surface area contributed by atoms with E-state index in [2.05, 4.69) is 24.2 Å². The summed E-state index contributed by atoms with van der Waals surface area (Å²) in [6.45, 7) is 8.91. The number of carboxylic acids is 1. The number of nitrogens with zero attached hydrogens (tertiary/aromatic N) is 3. The van der Waals surface area contributed by atoms with E-state index in [9.17, 15) is 9.90 Å². The van der Waals surface area contributed by atoms with E-state index >= 15 is 0 Å². The van der Waals surface area contributed by atoms with Crippen LogP contribution in [0.3, 0.4) is 0 Å². The lowest BCUT2D eigenvalue weighted by molar-refractivity contribution is 0.0689. The maximum absolute atomic E-state index is 11.3. The molecule has 124 valence electrons. The Morgan fingerprint density at radius 1 is 1.17 bits per heavy atom. The molecule has 0 bridgehead atoms. The maximum Gasteiger partial charge on any atom is 0.358 e. The van der Waals surface area contributed by atoms with Gasteiger partial charge in [-0.3, -0.25) is 0 Å². The fourth-order valence-electron chi connectivity index (χ4n) is 2.19. The Hall–Kier alpha value is -2.37. The van der Waals surface area contributed by atoms with Crippen LogP contribution < -0.4 is 4.74 Å². The van der Waals surface area contributed by atoms with Crippen molar-refractivity contribution in [1.82, 2.24) is 15.0 Å². The van der Waals surface area contributed by atoms with Gasteiger partial charge >= 0.3 is 5.97 Å². The summed E-state index contributed by atoms with van der Waals surface area (Å²) in [6.07, 6.45) is 0.597. The van der Waals surface area contributed by atoms with Crippen molar-refractivity contribution < 1.29 is 14.6 Å². The van der Waals surface area contributed by atoms with Gasteiger partial charge in [-0.25, -0.2) is 9.48 Å². The van der Waals surface area contributed by atoms with Crippen LogP contribution in [-0.4, -0.2) is 32.7 Å². The summed E-state index contributed by atoms with van der Waals surface area (Å²) >= 11 is 0. The molecule has 23 heavy (non-hydrogen) atoms. The van der Waals surface area contributed by atoms with Crippen molar-refractivity contribution in [2.75, 3.05) is 6.61 Å². The zero-order valence-electron chi connectivity index (χ0n) is 14.0. The van der Waals surface area contributed by atoms with Crippen molar-refractivity contribution in [3.63, 3.8) is 0 Å². The molecule has 0 unspecified atom stereocenters. The number of carboxylic acid groups (broad SMARTS) is 1. The number of carbonyl (C=O) groups is 1. The summed E-state index contributed by atoms with van der Waals surface area (Å²) in [7, 11) is 0. The second-order valence-corrected chi connectivity index (χ2v) is 6.40. The molecule has 2 rings (SSSR count). The Balaban J connectivity index is 2.29. The topological polar surface area (TPSA) is 77.2 Å². The highest BCUT2D eigenvalue weighted by Crippen LogP contribution is 2.20. The van der Waals surface area contributed by atoms with Gasteiger partial charge in [0, 0.05) is 0 Å². The Morgan fingerprint density at radius 2 is 1.83 bits per heavy atom. The Morgan fingerprint density at radius 3 is 2.35 bits per heavy atom. The minimum Gasteiger partial charge on any atom is -0.493 e. The van der Waals surface area contributed by atoms with Crippen LogP contribution in [0.5, 0.6) is 5.75 Å². The lowest BCUT2D eigenvalue weighted by atomic mass is 10.1. The van der Waals surface area contributed by atoms with Crippen LogP contribution in [0.4, 0.5) is 0 Å². The molecule has 0 spiro atoms. The second-order valence-electron chi connectivity index (χ2n) is 6.40. The SMILES string of the molecule is CC(C)COc1ccc(-n2nnc(C(=O)O)c2CC(C)C)cc1. The molecule has 0 saturated carbocycles. The van der Waals surface area contributed by atoms with Gasteiger partial charge in [0.05, 0.1) is 18.0 Å². The minimum atomic E-state index is -1.05. The molecule has 0 atom stereocenters. The van der Waals surface area contributed by atoms with Crippen LogP contribution in [0.1, 0.15) is 43.9 Å². The predicted molar refractivity (Wildman–Crippen MR) is 87.2 cm³/mol. The molecule has 0 fully saturated rings. The van der Waals surface area contributed by atoms with Crippen LogP contribution in [-0.2, 0) is 6.42 Å². The maximum atomic E-state index is 11.3. The van der Waals surface area contributed by atoms with E-state index in [4.69, 9.17) is 4.74 Å². The molecule has 6 nitrogen and oxygen atoms in total. The molecule has 0 aliphatic heterocycles. The van der Waals surface area contributed by atoms with Crippen molar-refractivity contribution in [3.8, 4) is 11.4 Å². The minimum absolute atomic E-state index is 0.0128. The summed E-state index contributed by atoms with van der Waals surface area (Å²) in [5.74, 6) is 0.495. The van der Waals surface area contributed by atoms with E-state index in [1.54, 1.807) is 4.68 Å². The van der Waals surface area contributed by atoms with Crippen molar-refractivity contribution in [1.29, 1.82) is 0 Å². The number of benzene rings is 1. The van der Waals surface area contributed by atoms with E-state index in [-0.39, 0.29) is 5.69 Å². The largest absolute Gasteiger partial charge is 0.493 e. The van der Waals surface area contributed by atoms with E-state index in [1.807, 2.05) is 38.1 Å². The van der Waals surface area contributed by atoms with Crippen molar-refractivity contribution >= 4 is 5.97 Å². The predicted octanol–water partition coefficient (Wildman–Crippen LogP) is 3.20. The first-order valence-corrected chi connectivity index (χ1v) is 7.79. The third-order valence-corrected chi connectivity index (χ3v) is 3.23. The second kappa shape index (κ2) is 7.26. The van der Waals surface area contributed by atoms with Crippen LogP contribution in [0.25, 0.3) is 5.69 Å². The van der Waals surface area contributed by atoms with Gasteiger partial charge in [0.25, 0.3) is 0 Å². The summed E-state index contributed by atoms with van der Waals surface area (Å²) < 4.78 is 7.25. The van der Waals surface area contributed by atoms with Gasteiger partial charge in [-0.05, 0) is 42.5 Å². The Bertz CT molecular complexity index is 660. The lowest BCUT2D eigenvalue weighted by Crippen LogP contribution is -2.10. The highest BCUT2D eigenvalue weighted by atomic mass is 16.5. The molecule has 0 aliphatic rings. The van der Waals surface area contributed by atoms with Gasteiger partial charge < -0.3 is 9.84 Å². The van der Waals surface area contributed by atoms with Crippen molar-refractivity contribution in [2.45, 2.75) is 34.1 Å². The normalized spacial score (nSPS) is 11.2. The Kier molecular flexibility index (Phi) is 5.36. The van der Waals surface area contributed by atoms with Crippen LogP contribution in [0.2, 0.25) is 0 Å². The summed E-state index contributed by atoms with van der Waals surface area (Å²) in [6, 6.07) is 7.44. The van der Waals surface area contributed by atoms with Crippen LogP contribution >= 0.6 is 0 Å². The Labute approximate surface area is 136 Å². The molecule has 1 heterocycles. The average molecular weight is 317 g/mol. The number of aromatic nitrogens is 3. The smallest absolute Gasteiger partial charge is 0.358 e.